The van der Waals surface area contributed by atoms with Crippen LogP contribution < -0.4 is 11.6 Å². The second kappa shape index (κ2) is 3.38. The largest absolute Gasteiger partial charge is 0.368 e. The van der Waals surface area contributed by atoms with E-state index in [0.29, 0.717) is 11.6 Å². The van der Waals surface area contributed by atoms with Crippen molar-refractivity contribution in [2.24, 2.45) is 5.92 Å². The number of hydrogen-bond acceptors (Lipinski definition) is 5. The summed E-state index contributed by atoms with van der Waals surface area (Å²) in [5.74, 6) is 6.39. The van der Waals surface area contributed by atoms with Crippen LogP contribution in [0.25, 0.3) is 11.2 Å². The van der Waals surface area contributed by atoms with Gasteiger partial charge in [0.2, 0.25) is 5.95 Å². The third-order valence-corrected chi connectivity index (χ3v) is 2.11. The molecule has 6 heteroatoms. The predicted molar refractivity (Wildman–Crippen MR) is 58.4 cm³/mol. The van der Waals surface area contributed by atoms with Crippen molar-refractivity contribution in [3.05, 3.63) is 12.0 Å². The maximum atomic E-state index is 5.65. The molecule has 80 valence electrons. The fourth-order valence-electron chi connectivity index (χ4n) is 1.52. The van der Waals surface area contributed by atoms with Gasteiger partial charge in [-0.15, -0.1) is 0 Å². The minimum Gasteiger partial charge on any atom is -0.368 e. The number of hydrogen-bond donors (Lipinski definition) is 2. The zero-order chi connectivity index (χ0) is 11.0. The van der Waals surface area contributed by atoms with E-state index in [9.17, 15) is 0 Å². The Bertz CT molecular complexity index is 487. The molecule has 0 bridgehead atoms. The highest BCUT2D eigenvalue weighted by atomic mass is 15.3. The van der Waals surface area contributed by atoms with Crippen LogP contribution in [-0.4, -0.2) is 19.6 Å². The fourth-order valence-corrected chi connectivity index (χ4v) is 1.52. The lowest BCUT2D eigenvalue weighted by Gasteiger charge is -2.05. The van der Waals surface area contributed by atoms with Crippen LogP contribution in [0.2, 0.25) is 0 Å². The van der Waals surface area contributed by atoms with Gasteiger partial charge in [-0.3, -0.25) is 0 Å². The molecule has 2 aromatic heterocycles. The van der Waals surface area contributed by atoms with Crippen molar-refractivity contribution < 1.29 is 0 Å². The van der Waals surface area contributed by atoms with Crippen LogP contribution in [0, 0.1) is 5.92 Å². The van der Waals surface area contributed by atoms with Crippen LogP contribution in [0.5, 0.6) is 0 Å². The zero-order valence-corrected chi connectivity index (χ0v) is 8.81. The predicted octanol–water partition coefficient (Wildman–Crippen LogP) is 0.321. The monoisotopic (exact) mass is 206 g/mol. The molecule has 0 aliphatic heterocycles. The molecule has 0 atom stereocenters. The van der Waals surface area contributed by atoms with Crippen LogP contribution in [0.1, 0.15) is 19.5 Å². The van der Waals surface area contributed by atoms with E-state index >= 15 is 0 Å². The molecule has 0 radical (unpaired) electrons. The standard InChI is InChI=1S/C9H14N6/c1-5(2)3-6-7-8(14-9(10)13-6)15(11)4-12-7/h4-5H,3,11H2,1-2H3,(H2,10,13,14). The quantitative estimate of drug-likeness (QED) is 0.690. The molecule has 0 unspecified atom stereocenters. The summed E-state index contributed by atoms with van der Waals surface area (Å²) in [6.45, 7) is 4.23. The molecule has 0 spiro atoms. The number of rotatable bonds is 2. The van der Waals surface area contributed by atoms with E-state index in [-0.39, 0.29) is 5.95 Å². The van der Waals surface area contributed by atoms with Gasteiger partial charge in [-0.25, -0.2) is 14.6 Å². The summed E-state index contributed by atoms with van der Waals surface area (Å²) in [6, 6.07) is 0. The van der Waals surface area contributed by atoms with Crippen molar-refractivity contribution in [1.82, 2.24) is 19.6 Å². The molecule has 0 saturated carbocycles. The lowest BCUT2D eigenvalue weighted by atomic mass is 10.1. The number of nitrogens with two attached hydrogens (primary N) is 2. The highest BCUT2D eigenvalue weighted by molar-refractivity contribution is 5.74. The average Bonchev–Trinajstić information content (AvgIpc) is 2.47. The molecule has 2 rings (SSSR count). The minimum atomic E-state index is 0.241. The Morgan fingerprint density at radius 3 is 2.80 bits per heavy atom. The van der Waals surface area contributed by atoms with Crippen LogP contribution >= 0.6 is 0 Å². The van der Waals surface area contributed by atoms with Crippen molar-refractivity contribution in [3.8, 4) is 0 Å². The minimum absolute atomic E-state index is 0.241. The highest BCUT2D eigenvalue weighted by Gasteiger charge is 2.11. The first-order valence-electron chi connectivity index (χ1n) is 4.82. The Morgan fingerprint density at radius 2 is 2.13 bits per heavy atom. The van der Waals surface area contributed by atoms with Gasteiger partial charge < -0.3 is 11.6 Å². The lowest BCUT2D eigenvalue weighted by Crippen LogP contribution is -2.09. The molecule has 0 saturated heterocycles. The first-order valence-corrected chi connectivity index (χ1v) is 4.82. The summed E-state index contributed by atoms with van der Waals surface area (Å²) >= 11 is 0. The Morgan fingerprint density at radius 1 is 1.40 bits per heavy atom. The Labute approximate surface area is 87.3 Å². The van der Waals surface area contributed by atoms with Gasteiger partial charge >= 0.3 is 0 Å². The molecular formula is C9H14N6. The Kier molecular flexibility index (Phi) is 2.18. The van der Waals surface area contributed by atoms with Crippen LogP contribution in [-0.2, 0) is 6.42 Å². The van der Waals surface area contributed by atoms with Gasteiger partial charge in [-0.2, -0.15) is 4.98 Å². The van der Waals surface area contributed by atoms with Gasteiger partial charge in [-0.05, 0) is 12.3 Å². The van der Waals surface area contributed by atoms with Crippen molar-refractivity contribution in [3.63, 3.8) is 0 Å². The van der Waals surface area contributed by atoms with Gasteiger partial charge in [0.25, 0.3) is 0 Å². The smallest absolute Gasteiger partial charge is 0.222 e. The molecule has 0 aromatic carbocycles. The van der Waals surface area contributed by atoms with Crippen molar-refractivity contribution >= 4 is 17.1 Å². The first kappa shape index (κ1) is 9.70. The van der Waals surface area contributed by atoms with E-state index in [0.717, 1.165) is 17.6 Å². The third kappa shape index (κ3) is 1.70. The normalized spacial score (nSPS) is 11.4. The summed E-state index contributed by atoms with van der Waals surface area (Å²) in [4.78, 5) is 12.4. The summed E-state index contributed by atoms with van der Waals surface area (Å²) < 4.78 is 1.36. The number of aromatic nitrogens is 4. The molecule has 6 nitrogen and oxygen atoms in total. The average molecular weight is 206 g/mol. The summed E-state index contributed by atoms with van der Waals surface area (Å²) in [7, 11) is 0. The molecule has 2 heterocycles. The molecule has 2 aromatic rings. The maximum absolute atomic E-state index is 5.65. The summed E-state index contributed by atoms with van der Waals surface area (Å²) in [6.07, 6.45) is 2.34. The lowest BCUT2D eigenvalue weighted by molar-refractivity contribution is 0.638. The second-order valence-corrected chi connectivity index (χ2v) is 3.95. The van der Waals surface area contributed by atoms with Crippen LogP contribution in [0.4, 0.5) is 5.95 Å². The molecule has 4 N–H and O–H groups in total. The molecule has 0 aliphatic carbocycles. The first-order chi connectivity index (χ1) is 7.08. The van der Waals surface area contributed by atoms with Crippen molar-refractivity contribution in [2.45, 2.75) is 20.3 Å². The third-order valence-electron chi connectivity index (χ3n) is 2.11. The summed E-state index contributed by atoms with van der Waals surface area (Å²) in [5.41, 5.74) is 7.79. The van der Waals surface area contributed by atoms with Gasteiger partial charge in [0.15, 0.2) is 5.65 Å². The van der Waals surface area contributed by atoms with E-state index in [1.807, 2.05) is 0 Å². The van der Waals surface area contributed by atoms with Crippen molar-refractivity contribution in [2.75, 3.05) is 11.6 Å². The molecule has 0 fully saturated rings. The van der Waals surface area contributed by atoms with E-state index < -0.39 is 0 Å². The maximum Gasteiger partial charge on any atom is 0.222 e. The molecule has 15 heavy (non-hydrogen) atoms. The Hall–Kier alpha value is -1.85. The topological polar surface area (TPSA) is 95.6 Å². The van der Waals surface area contributed by atoms with E-state index in [2.05, 4.69) is 28.8 Å². The second-order valence-electron chi connectivity index (χ2n) is 3.95. The van der Waals surface area contributed by atoms with Crippen LogP contribution in [0.3, 0.4) is 0 Å². The number of nitrogens with zero attached hydrogens (tertiary/aromatic N) is 4. The van der Waals surface area contributed by atoms with E-state index in [1.54, 1.807) is 0 Å². The number of imidazole rings is 1. The number of anilines is 1. The Balaban J connectivity index is 2.61. The molecular weight excluding hydrogens is 192 g/mol. The number of fused-ring (bicyclic) bond motifs is 1. The zero-order valence-electron chi connectivity index (χ0n) is 8.81. The number of nitrogen functional groups attached to an aromatic ring is 2. The van der Waals surface area contributed by atoms with Crippen LogP contribution in [0.15, 0.2) is 6.33 Å². The van der Waals surface area contributed by atoms with E-state index in [4.69, 9.17) is 11.6 Å². The SMILES string of the molecule is CC(C)Cc1nc(N)nc2c1ncn2N. The van der Waals surface area contributed by atoms with Gasteiger partial charge in [0.1, 0.15) is 11.8 Å². The fraction of sp³-hybridized carbons (Fsp3) is 0.444. The molecule has 0 amide bonds. The van der Waals surface area contributed by atoms with Gasteiger partial charge in [0, 0.05) is 0 Å². The van der Waals surface area contributed by atoms with E-state index in [1.165, 1.54) is 11.0 Å². The summed E-state index contributed by atoms with van der Waals surface area (Å²) in [5, 5.41) is 0. The van der Waals surface area contributed by atoms with Crippen molar-refractivity contribution in [1.29, 1.82) is 0 Å². The van der Waals surface area contributed by atoms with Gasteiger partial charge in [0.05, 0.1) is 5.69 Å². The highest BCUT2D eigenvalue weighted by Crippen LogP contribution is 2.16. The molecule has 0 aliphatic rings. The van der Waals surface area contributed by atoms with Gasteiger partial charge in [-0.1, -0.05) is 13.8 Å².